The number of amides is 1. The molecule has 2 rings (SSSR count). The summed E-state index contributed by atoms with van der Waals surface area (Å²) in [6.07, 6.45) is -0.00634. The van der Waals surface area contributed by atoms with Gasteiger partial charge in [-0.3, -0.25) is 9.59 Å². The molecule has 1 atom stereocenters. The highest BCUT2D eigenvalue weighted by Gasteiger charge is 2.20. The standard InChI is InChI=1S/C20H21Cl2NO5/c1-3-27-20(25)11-17(13-4-7-15(26-2)8-5-13)23-19(24)12-28-18-9-6-14(21)10-16(18)22/h4-10,17H,3,11-12H2,1-2H3,(H,23,24)/t17-/m1/s1. The van der Waals surface area contributed by atoms with Crippen LogP contribution < -0.4 is 14.8 Å². The second-order valence-electron chi connectivity index (χ2n) is 5.77. The van der Waals surface area contributed by atoms with Gasteiger partial charge in [-0.15, -0.1) is 0 Å². The van der Waals surface area contributed by atoms with Gasteiger partial charge in [0.2, 0.25) is 0 Å². The van der Waals surface area contributed by atoms with Crippen LogP contribution in [0.15, 0.2) is 42.5 Å². The lowest BCUT2D eigenvalue weighted by molar-refractivity contribution is -0.143. The van der Waals surface area contributed by atoms with Crippen LogP contribution in [-0.2, 0) is 14.3 Å². The fraction of sp³-hybridized carbons (Fsp3) is 0.300. The van der Waals surface area contributed by atoms with E-state index in [-0.39, 0.29) is 19.6 Å². The molecule has 0 aliphatic carbocycles. The van der Waals surface area contributed by atoms with Crippen molar-refractivity contribution in [1.29, 1.82) is 0 Å². The number of rotatable bonds is 9. The highest BCUT2D eigenvalue weighted by Crippen LogP contribution is 2.27. The van der Waals surface area contributed by atoms with Crippen molar-refractivity contribution in [2.24, 2.45) is 0 Å². The summed E-state index contributed by atoms with van der Waals surface area (Å²) in [5.41, 5.74) is 0.742. The summed E-state index contributed by atoms with van der Waals surface area (Å²) in [6, 6.07) is 11.2. The van der Waals surface area contributed by atoms with Crippen molar-refractivity contribution in [3.05, 3.63) is 58.1 Å². The number of carbonyl (C=O) groups excluding carboxylic acids is 2. The van der Waals surface area contributed by atoms with Crippen LogP contribution in [0.25, 0.3) is 0 Å². The summed E-state index contributed by atoms with van der Waals surface area (Å²) in [4.78, 5) is 24.3. The Hall–Kier alpha value is -2.44. The lowest BCUT2D eigenvalue weighted by atomic mass is 10.0. The quantitative estimate of drug-likeness (QED) is 0.609. The molecule has 0 saturated heterocycles. The van der Waals surface area contributed by atoms with E-state index in [2.05, 4.69) is 5.32 Å². The van der Waals surface area contributed by atoms with Crippen LogP contribution >= 0.6 is 23.2 Å². The summed E-state index contributed by atoms with van der Waals surface area (Å²) in [7, 11) is 1.56. The number of hydrogen-bond donors (Lipinski definition) is 1. The zero-order valence-corrected chi connectivity index (χ0v) is 17.0. The molecule has 0 saturated carbocycles. The van der Waals surface area contributed by atoms with E-state index in [0.717, 1.165) is 5.56 Å². The molecule has 150 valence electrons. The smallest absolute Gasteiger partial charge is 0.308 e. The minimum Gasteiger partial charge on any atom is -0.497 e. The van der Waals surface area contributed by atoms with Crippen molar-refractivity contribution in [1.82, 2.24) is 5.32 Å². The van der Waals surface area contributed by atoms with Gasteiger partial charge in [-0.25, -0.2) is 0 Å². The van der Waals surface area contributed by atoms with Gasteiger partial charge in [0.25, 0.3) is 5.91 Å². The van der Waals surface area contributed by atoms with Gasteiger partial charge in [-0.1, -0.05) is 35.3 Å². The molecular formula is C20H21Cl2NO5. The Bertz CT molecular complexity index is 811. The molecule has 0 heterocycles. The van der Waals surface area contributed by atoms with Crippen molar-refractivity contribution >= 4 is 35.1 Å². The second kappa shape index (κ2) is 10.8. The van der Waals surface area contributed by atoms with Crippen LogP contribution in [0.4, 0.5) is 0 Å². The third-order valence-corrected chi connectivity index (χ3v) is 4.31. The molecule has 0 aromatic heterocycles. The number of carbonyl (C=O) groups is 2. The first kappa shape index (κ1) is 21.9. The van der Waals surface area contributed by atoms with E-state index in [9.17, 15) is 9.59 Å². The van der Waals surface area contributed by atoms with Crippen molar-refractivity contribution in [3.63, 3.8) is 0 Å². The molecule has 0 aliphatic heterocycles. The largest absolute Gasteiger partial charge is 0.497 e. The highest BCUT2D eigenvalue weighted by atomic mass is 35.5. The van der Waals surface area contributed by atoms with Gasteiger partial charge >= 0.3 is 5.97 Å². The number of hydrogen-bond acceptors (Lipinski definition) is 5. The van der Waals surface area contributed by atoms with Gasteiger partial charge < -0.3 is 19.5 Å². The minimum absolute atomic E-state index is 0.00634. The Morgan fingerprint density at radius 1 is 1.11 bits per heavy atom. The zero-order chi connectivity index (χ0) is 20.5. The van der Waals surface area contributed by atoms with Crippen molar-refractivity contribution in [3.8, 4) is 11.5 Å². The summed E-state index contributed by atoms with van der Waals surface area (Å²) in [5, 5.41) is 3.56. The van der Waals surface area contributed by atoms with Crippen molar-refractivity contribution in [2.75, 3.05) is 20.3 Å². The fourth-order valence-electron chi connectivity index (χ4n) is 2.45. The molecule has 1 N–H and O–H groups in total. The zero-order valence-electron chi connectivity index (χ0n) is 15.5. The first-order chi connectivity index (χ1) is 13.4. The van der Waals surface area contributed by atoms with Crippen LogP contribution in [0.5, 0.6) is 11.5 Å². The van der Waals surface area contributed by atoms with Gasteiger partial charge in [0.15, 0.2) is 6.61 Å². The van der Waals surface area contributed by atoms with Gasteiger partial charge in [-0.05, 0) is 42.8 Å². The third-order valence-electron chi connectivity index (χ3n) is 3.78. The summed E-state index contributed by atoms with van der Waals surface area (Å²) in [6.45, 7) is 1.72. The number of esters is 1. The highest BCUT2D eigenvalue weighted by molar-refractivity contribution is 6.35. The molecule has 2 aromatic carbocycles. The monoisotopic (exact) mass is 425 g/mol. The van der Waals surface area contributed by atoms with Crippen molar-refractivity contribution < 1.29 is 23.8 Å². The summed E-state index contributed by atoms with van der Waals surface area (Å²) >= 11 is 11.9. The molecule has 0 fully saturated rings. The second-order valence-corrected chi connectivity index (χ2v) is 6.61. The maximum absolute atomic E-state index is 12.4. The minimum atomic E-state index is -0.568. The molecule has 0 spiro atoms. The molecule has 0 radical (unpaired) electrons. The third kappa shape index (κ3) is 6.62. The molecule has 2 aromatic rings. The predicted octanol–water partition coefficient (Wildman–Crippen LogP) is 4.19. The molecule has 6 nitrogen and oxygen atoms in total. The van der Waals surface area contributed by atoms with Gasteiger partial charge in [-0.2, -0.15) is 0 Å². The first-order valence-corrected chi connectivity index (χ1v) is 9.35. The van der Waals surface area contributed by atoms with E-state index in [4.69, 9.17) is 37.4 Å². The number of ether oxygens (including phenoxy) is 3. The van der Waals surface area contributed by atoms with Crippen LogP contribution in [0, 0.1) is 0 Å². The SMILES string of the molecule is CCOC(=O)C[C@@H](NC(=O)COc1ccc(Cl)cc1Cl)c1ccc(OC)cc1. The Morgan fingerprint density at radius 3 is 2.43 bits per heavy atom. The lowest BCUT2D eigenvalue weighted by Crippen LogP contribution is -2.34. The summed E-state index contributed by atoms with van der Waals surface area (Å²) < 4.78 is 15.6. The lowest BCUT2D eigenvalue weighted by Gasteiger charge is -2.19. The van der Waals surface area contributed by atoms with Crippen LogP contribution in [0.1, 0.15) is 24.9 Å². The Balaban J connectivity index is 2.04. The Labute approximate surface area is 173 Å². The molecular weight excluding hydrogens is 405 g/mol. The van der Waals surface area contributed by atoms with Gasteiger partial charge in [0.1, 0.15) is 11.5 Å². The molecule has 8 heteroatoms. The molecule has 28 heavy (non-hydrogen) atoms. The molecule has 1 amide bonds. The summed E-state index contributed by atoms with van der Waals surface area (Å²) in [5.74, 6) is 0.194. The van der Waals surface area contributed by atoms with E-state index in [1.165, 1.54) is 6.07 Å². The average Bonchev–Trinajstić information content (AvgIpc) is 2.67. The maximum atomic E-state index is 12.4. The van der Waals surface area contributed by atoms with Crippen molar-refractivity contribution in [2.45, 2.75) is 19.4 Å². The van der Waals surface area contributed by atoms with Gasteiger partial charge in [0, 0.05) is 5.02 Å². The van der Waals surface area contributed by atoms with E-state index >= 15 is 0 Å². The van der Waals surface area contributed by atoms with Crippen LogP contribution in [-0.4, -0.2) is 32.2 Å². The molecule has 0 unspecified atom stereocenters. The average molecular weight is 426 g/mol. The van der Waals surface area contributed by atoms with Crippen LogP contribution in [0.3, 0.4) is 0 Å². The number of nitrogens with one attached hydrogen (secondary N) is 1. The van der Waals surface area contributed by atoms with E-state index < -0.39 is 17.9 Å². The first-order valence-electron chi connectivity index (χ1n) is 8.59. The van der Waals surface area contributed by atoms with E-state index in [0.29, 0.717) is 21.5 Å². The maximum Gasteiger partial charge on any atom is 0.308 e. The predicted molar refractivity (Wildman–Crippen MR) is 107 cm³/mol. The molecule has 0 aliphatic rings. The fourth-order valence-corrected chi connectivity index (χ4v) is 2.91. The number of halogens is 2. The number of methoxy groups -OCH3 is 1. The van der Waals surface area contributed by atoms with Gasteiger partial charge in [0.05, 0.1) is 31.2 Å². The topological polar surface area (TPSA) is 73.9 Å². The normalized spacial score (nSPS) is 11.4. The van der Waals surface area contributed by atoms with Crippen LogP contribution in [0.2, 0.25) is 10.0 Å². The van der Waals surface area contributed by atoms with E-state index in [1.54, 1.807) is 50.4 Å². The Morgan fingerprint density at radius 2 is 1.82 bits per heavy atom. The van der Waals surface area contributed by atoms with E-state index in [1.807, 2.05) is 0 Å². The Kier molecular flexibility index (Phi) is 8.42. The number of benzene rings is 2. The molecule has 0 bridgehead atoms.